The number of carbonyl (C=O) groups is 2. The molecule has 196 valence electrons. The van der Waals surface area contributed by atoms with Gasteiger partial charge < -0.3 is 15.5 Å². The summed E-state index contributed by atoms with van der Waals surface area (Å²) in [4.78, 5) is 42.1. The third kappa shape index (κ3) is 5.43. The average molecular weight is 497 g/mol. The molecule has 9 nitrogen and oxygen atoms in total. The summed E-state index contributed by atoms with van der Waals surface area (Å²) in [6.07, 6.45) is 7.58. The number of nitrogens with one attached hydrogen (secondary N) is 1. The van der Waals surface area contributed by atoms with E-state index in [1.807, 2.05) is 6.07 Å². The number of benzene rings is 1. The summed E-state index contributed by atoms with van der Waals surface area (Å²) in [5.41, 5.74) is 8.62. The van der Waals surface area contributed by atoms with Crippen molar-refractivity contribution >= 4 is 22.8 Å². The van der Waals surface area contributed by atoms with Gasteiger partial charge in [0.1, 0.15) is 6.04 Å². The Bertz CT molecular complexity index is 1150. The average Bonchev–Trinajstić information content (AvgIpc) is 3.11. The Labute approximate surface area is 212 Å². The molecular weight excluding hydrogens is 456 g/mol. The van der Waals surface area contributed by atoms with Gasteiger partial charge in [0.15, 0.2) is 0 Å². The van der Waals surface area contributed by atoms with Gasteiger partial charge in [-0.25, -0.2) is 4.79 Å². The number of carbonyl (C=O) groups excluding carboxylic acids is 2. The third-order valence-corrected chi connectivity index (χ3v) is 8.49. The Hall–Kier alpha value is -2.49. The maximum atomic E-state index is 13.0. The lowest BCUT2D eigenvalue weighted by molar-refractivity contribution is -0.135. The molecule has 0 bridgehead atoms. The van der Waals surface area contributed by atoms with E-state index in [4.69, 9.17) is 5.73 Å². The molecule has 1 atom stereocenters. The lowest BCUT2D eigenvalue weighted by Crippen LogP contribution is -2.48. The Kier molecular flexibility index (Phi) is 7.60. The van der Waals surface area contributed by atoms with Crippen LogP contribution in [0.1, 0.15) is 56.6 Å². The lowest BCUT2D eigenvalue weighted by Gasteiger charge is -2.37. The number of nitrogens with zero attached hydrogens (tertiary/aromatic N) is 4. The number of aryl methyl sites for hydroxylation is 2. The molecule has 3 N–H and O–H groups in total. The quantitative estimate of drug-likeness (QED) is 0.561. The number of piperidine rings is 1. The van der Waals surface area contributed by atoms with Gasteiger partial charge in [0.2, 0.25) is 11.8 Å². The van der Waals surface area contributed by atoms with Crippen molar-refractivity contribution in [2.24, 2.45) is 18.7 Å². The fourth-order valence-corrected chi connectivity index (χ4v) is 6.23. The molecule has 1 saturated carbocycles. The van der Waals surface area contributed by atoms with Gasteiger partial charge in [-0.1, -0.05) is 6.07 Å². The summed E-state index contributed by atoms with van der Waals surface area (Å²) in [7, 11) is 1.75. The maximum Gasteiger partial charge on any atom is 0.329 e. The van der Waals surface area contributed by atoms with E-state index < -0.39 is 11.9 Å². The number of hydrogen-bond acceptors (Lipinski definition) is 6. The van der Waals surface area contributed by atoms with Crippen molar-refractivity contribution in [1.82, 2.24) is 24.3 Å². The van der Waals surface area contributed by atoms with Crippen LogP contribution in [0.15, 0.2) is 23.0 Å². The van der Waals surface area contributed by atoms with Crippen molar-refractivity contribution in [1.29, 1.82) is 0 Å². The van der Waals surface area contributed by atoms with Crippen LogP contribution >= 0.6 is 0 Å². The Morgan fingerprint density at radius 2 is 1.67 bits per heavy atom. The molecule has 2 saturated heterocycles. The summed E-state index contributed by atoms with van der Waals surface area (Å²) in [6.45, 7) is 6.90. The summed E-state index contributed by atoms with van der Waals surface area (Å²) in [6, 6.07) is 5.88. The molecule has 3 heterocycles. The highest BCUT2D eigenvalue weighted by atomic mass is 16.2. The molecule has 3 fully saturated rings. The predicted octanol–water partition coefficient (Wildman–Crippen LogP) is 1.39. The van der Waals surface area contributed by atoms with E-state index in [9.17, 15) is 14.4 Å². The maximum absolute atomic E-state index is 13.0. The van der Waals surface area contributed by atoms with Crippen LogP contribution in [-0.2, 0) is 23.1 Å². The van der Waals surface area contributed by atoms with Crippen LogP contribution in [0.25, 0.3) is 11.0 Å². The van der Waals surface area contributed by atoms with E-state index in [1.165, 1.54) is 37.8 Å². The summed E-state index contributed by atoms with van der Waals surface area (Å²) in [5, 5.41) is 2.36. The SMILES string of the molecule is Cn1c(=O)n(C2CCC(=O)NC2=O)c2ccc(CCCN3CCN(C[C@H]4CC[C@H](N)CC4)CC3)cc21. The van der Waals surface area contributed by atoms with Gasteiger partial charge in [-0.3, -0.25) is 24.0 Å². The van der Waals surface area contributed by atoms with Gasteiger partial charge in [0.05, 0.1) is 11.0 Å². The molecule has 9 heteroatoms. The zero-order valence-corrected chi connectivity index (χ0v) is 21.5. The lowest BCUT2D eigenvalue weighted by atomic mass is 9.86. The minimum absolute atomic E-state index is 0.217. The summed E-state index contributed by atoms with van der Waals surface area (Å²) in [5.74, 6) is 0.155. The van der Waals surface area contributed by atoms with Gasteiger partial charge >= 0.3 is 5.69 Å². The van der Waals surface area contributed by atoms with Crippen LogP contribution in [0.2, 0.25) is 0 Å². The molecule has 1 aliphatic carbocycles. The number of imidazole rings is 1. The zero-order chi connectivity index (χ0) is 25.2. The van der Waals surface area contributed by atoms with Gasteiger partial charge in [-0.2, -0.15) is 0 Å². The molecule has 3 aliphatic rings. The van der Waals surface area contributed by atoms with E-state index in [2.05, 4.69) is 27.2 Å². The number of rotatable bonds is 7. The van der Waals surface area contributed by atoms with E-state index in [-0.39, 0.29) is 18.0 Å². The highest BCUT2D eigenvalue weighted by Gasteiger charge is 2.31. The second kappa shape index (κ2) is 10.9. The molecule has 1 aromatic heterocycles. The van der Waals surface area contributed by atoms with Crippen LogP contribution in [0.5, 0.6) is 0 Å². The van der Waals surface area contributed by atoms with Crippen LogP contribution < -0.4 is 16.7 Å². The van der Waals surface area contributed by atoms with Gasteiger partial charge in [0.25, 0.3) is 0 Å². The predicted molar refractivity (Wildman–Crippen MR) is 140 cm³/mol. The molecule has 0 radical (unpaired) electrons. The monoisotopic (exact) mass is 496 g/mol. The molecule has 0 spiro atoms. The molecule has 2 aromatic rings. The van der Waals surface area contributed by atoms with Crippen molar-refractivity contribution in [3.8, 4) is 0 Å². The standard InChI is InChI=1S/C27H40N6O3/c1-30-24-17-19(6-9-22(24)33(27(30)36)23-10-11-25(34)29-26(23)35)3-2-12-31-13-15-32(16-14-31)18-20-4-7-21(28)8-5-20/h6,9,17,20-21,23H,2-5,7-8,10-16,18,28H2,1H3,(H,29,34,35)/t20-,21-,23?. The molecule has 2 amide bonds. The first-order valence-electron chi connectivity index (χ1n) is 13.6. The highest BCUT2D eigenvalue weighted by molar-refractivity contribution is 6.00. The number of aromatic nitrogens is 2. The van der Waals surface area contributed by atoms with Crippen molar-refractivity contribution in [3.05, 3.63) is 34.2 Å². The minimum atomic E-state index is -0.640. The first-order chi connectivity index (χ1) is 17.4. The number of imide groups is 1. The topological polar surface area (TPSA) is 106 Å². The van der Waals surface area contributed by atoms with E-state index in [0.717, 1.165) is 62.5 Å². The highest BCUT2D eigenvalue weighted by Crippen LogP contribution is 2.25. The fourth-order valence-electron chi connectivity index (χ4n) is 6.23. The number of fused-ring (bicyclic) bond motifs is 1. The van der Waals surface area contributed by atoms with Crippen molar-refractivity contribution < 1.29 is 9.59 Å². The summed E-state index contributed by atoms with van der Waals surface area (Å²) >= 11 is 0. The van der Waals surface area contributed by atoms with E-state index in [1.54, 1.807) is 16.2 Å². The van der Waals surface area contributed by atoms with Crippen molar-refractivity contribution in [3.63, 3.8) is 0 Å². The molecular formula is C27H40N6O3. The second-order valence-electron chi connectivity index (χ2n) is 11.0. The Balaban J connectivity index is 1.13. The summed E-state index contributed by atoms with van der Waals surface area (Å²) < 4.78 is 3.16. The smallest absolute Gasteiger partial charge is 0.328 e. The molecule has 5 rings (SSSR count). The van der Waals surface area contributed by atoms with Crippen LogP contribution in [-0.4, -0.2) is 76.1 Å². The first-order valence-corrected chi connectivity index (χ1v) is 13.6. The van der Waals surface area contributed by atoms with Crippen LogP contribution in [0.3, 0.4) is 0 Å². The van der Waals surface area contributed by atoms with E-state index >= 15 is 0 Å². The van der Waals surface area contributed by atoms with Gasteiger partial charge in [-0.15, -0.1) is 0 Å². The number of hydrogen-bond donors (Lipinski definition) is 2. The van der Waals surface area contributed by atoms with Crippen LogP contribution in [0.4, 0.5) is 0 Å². The van der Waals surface area contributed by atoms with Crippen molar-refractivity contribution in [2.45, 2.75) is 63.5 Å². The molecule has 1 aromatic carbocycles. The van der Waals surface area contributed by atoms with E-state index in [0.29, 0.717) is 12.5 Å². The molecule has 1 unspecified atom stereocenters. The first kappa shape index (κ1) is 25.2. The molecule has 2 aliphatic heterocycles. The second-order valence-corrected chi connectivity index (χ2v) is 11.0. The number of amides is 2. The van der Waals surface area contributed by atoms with Gasteiger partial charge in [-0.05, 0) is 75.1 Å². The largest absolute Gasteiger partial charge is 0.329 e. The van der Waals surface area contributed by atoms with Crippen LogP contribution in [0, 0.1) is 5.92 Å². The van der Waals surface area contributed by atoms with Gasteiger partial charge in [0, 0.05) is 52.2 Å². The zero-order valence-electron chi connectivity index (χ0n) is 21.5. The fraction of sp³-hybridized carbons (Fsp3) is 0.667. The Morgan fingerprint density at radius 3 is 2.39 bits per heavy atom. The number of piperazine rings is 1. The normalized spacial score (nSPS) is 26.4. The molecule has 36 heavy (non-hydrogen) atoms. The number of nitrogens with two attached hydrogens (primary N) is 1. The minimum Gasteiger partial charge on any atom is -0.328 e. The third-order valence-electron chi connectivity index (χ3n) is 8.49. The van der Waals surface area contributed by atoms with Crippen molar-refractivity contribution in [2.75, 3.05) is 39.3 Å². The Morgan fingerprint density at radius 1 is 0.944 bits per heavy atom.